The number of nitrogens with zero attached hydrogens (tertiary/aromatic N) is 3. The molecule has 1 aromatic heterocycles. The molecular weight excluding hydrogens is 341 g/mol. The van der Waals surface area contributed by atoms with Gasteiger partial charge in [0.05, 0.1) is 18.7 Å². The molecule has 1 aliphatic rings. The highest BCUT2D eigenvalue weighted by Gasteiger charge is 2.27. The average molecular weight is 360 g/mol. The van der Waals surface area contributed by atoms with Crippen LogP contribution < -0.4 is 10.6 Å². The van der Waals surface area contributed by atoms with Gasteiger partial charge in [-0.15, -0.1) is 24.8 Å². The first kappa shape index (κ1) is 19.4. The molecular formula is C14H19Cl2N5O2. The predicted octanol–water partition coefficient (Wildman–Crippen LogP) is 0.831. The van der Waals surface area contributed by atoms with Gasteiger partial charge in [-0.25, -0.2) is 9.67 Å². The van der Waals surface area contributed by atoms with E-state index in [4.69, 9.17) is 0 Å². The maximum absolute atomic E-state index is 12.1. The summed E-state index contributed by atoms with van der Waals surface area (Å²) in [6.07, 6.45) is 3.14. The van der Waals surface area contributed by atoms with E-state index in [0.717, 1.165) is 11.3 Å². The number of hydrogen-bond donors (Lipinski definition) is 3. The summed E-state index contributed by atoms with van der Waals surface area (Å²) in [5.41, 5.74) is 1.76. The summed E-state index contributed by atoms with van der Waals surface area (Å²) in [7, 11) is 0. The molecule has 1 saturated heterocycles. The van der Waals surface area contributed by atoms with Crippen molar-refractivity contribution in [2.45, 2.75) is 25.1 Å². The molecule has 126 valence electrons. The number of hydrogen-bond acceptors (Lipinski definition) is 5. The number of aromatic nitrogens is 3. The smallest absolute Gasteiger partial charge is 0.241 e. The number of carbonyl (C=O) groups is 1. The number of aliphatic hydroxyl groups is 1. The number of benzene rings is 1. The van der Waals surface area contributed by atoms with Crippen molar-refractivity contribution in [2.75, 3.05) is 11.9 Å². The Balaban J connectivity index is 0.00000132. The van der Waals surface area contributed by atoms with E-state index in [2.05, 4.69) is 20.7 Å². The first-order valence-corrected chi connectivity index (χ1v) is 6.84. The van der Waals surface area contributed by atoms with Gasteiger partial charge in [0.2, 0.25) is 5.91 Å². The molecule has 7 nitrogen and oxygen atoms in total. The molecule has 0 aliphatic carbocycles. The van der Waals surface area contributed by atoms with Crippen molar-refractivity contribution in [1.29, 1.82) is 0 Å². The molecule has 3 rings (SSSR count). The molecule has 9 heteroatoms. The van der Waals surface area contributed by atoms with Crippen LogP contribution in [-0.2, 0) is 11.3 Å². The number of carbonyl (C=O) groups excluding carboxylic acids is 1. The van der Waals surface area contributed by atoms with Crippen molar-refractivity contribution in [3.05, 3.63) is 42.5 Å². The lowest BCUT2D eigenvalue weighted by molar-refractivity contribution is -0.117. The molecule has 2 aromatic rings. The Hall–Kier alpha value is -1.67. The Morgan fingerprint density at radius 2 is 2.26 bits per heavy atom. The van der Waals surface area contributed by atoms with Crippen LogP contribution in [0.1, 0.15) is 12.0 Å². The van der Waals surface area contributed by atoms with Gasteiger partial charge in [-0.3, -0.25) is 4.79 Å². The average Bonchev–Trinajstić information content (AvgIpc) is 3.11. The summed E-state index contributed by atoms with van der Waals surface area (Å²) >= 11 is 0. The summed E-state index contributed by atoms with van der Waals surface area (Å²) < 4.78 is 1.72. The number of halogens is 2. The van der Waals surface area contributed by atoms with E-state index < -0.39 is 6.10 Å². The van der Waals surface area contributed by atoms with Crippen LogP contribution in [0.4, 0.5) is 5.69 Å². The van der Waals surface area contributed by atoms with Crippen LogP contribution >= 0.6 is 24.8 Å². The molecule has 0 spiro atoms. The second kappa shape index (κ2) is 8.83. The summed E-state index contributed by atoms with van der Waals surface area (Å²) in [5.74, 6) is -0.121. The number of aliphatic hydroxyl groups excluding tert-OH is 1. The van der Waals surface area contributed by atoms with Crippen molar-refractivity contribution < 1.29 is 9.90 Å². The highest BCUT2D eigenvalue weighted by molar-refractivity contribution is 5.95. The van der Waals surface area contributed by atoms with Crippen LogP contribution in [0.15, 0.2) is 36.9 Å². The first-order valence-electron chi connectivity index (χ1n) is 6.84. The largest absolute Gasteiger partial charge is 0.392 e. The van der Waals surface area contributed by atoms with Gasteiger partial charge in [0.25, 0.3) is 0 Å². The Labute approximate surface area is 146 Å². The first-order chi connectivity index (χ1) is 10.2. The molecule has 23 heavy (non-hydrogen) atoms. The number of nitrogens with one attached hydrogen (secondary N) is 2. The lowest BCUT2D eigenvalue weighted by Gasteiger charge is -2.12. The van der Waals surface area contributed by atoms with Gasteiger partial charge in [0.15, 0.2) is 0 Å². The fraction of sp³-hybridized carbons (Fsp3) is 0.357. The minimum atomic E-state index is -0.445. The van der Waals surface area contributed by atoms with Gasteiger partial charge in [-0.1, -0.05) is 12.1 Å². The van der Waals surface area contributed by atoms with Crippen molar-refractivity contribution in [1.82, 2.24) is 20.1 Å². The summed E-state index contributed by atoms with van der Waals surface area (Å²) in [6, 6.07) is 7.27. The third-order valence-corrected chi connectivity index (χ3v) is 3.43. The van der Waals surface area contributed by atoms with Crippen molar-refractivity contribution in [3.63, 3.8) is 0 Å². The van der Waals surface area contributed by atoms with E-state index in [0.29, 0.717) is 19.5 Å². The standard InChI is InChI=1S/C14H17N5O2.2ClH/c20-12-5-13(16-6-12)14(21)18-11-3-1-2-10(4-11)7-19-9-15-8-17-19;;/h1-4,8-9,12-13,16,20H,5-7H2,(H,18,21);2*1H. The van der Waals surface area contributed by atoms with E-state index in [9.17, 15) is 9.90 Å². The zero-order valence-electron chi connectivity index (χ0n) is 12.3. The molecule has 0 radical (unpaired) electrons. The monoisotopic (exact) mass is 359 g/mol. The van der Waals surface area contributed by atoms with Crippen LogP contribution in [-0.4, -0.2) is 44.5 Å². The number of β-amino-alcohol motifs (C(OH)–C–C–N with tert-alkyl or cyclic N) is 1. The molecule has 2 unspecified atom stereocenters. The maximum Gasteiger partial charge on any atom is 0.241 e. The molecule has 1 aromatic carbocycles. The van der Waals surface area contributed by atoms with E-state index in [-0.39, 0.29) is 36.8 Å². The van der Waals surface area contributed by atoms with Crippen LogP contribution in [0.3, 0.4) is 0 Å². The minimum Gasteiger partial charge on any atom is -0.392 e. The zero-order chi connectivity index (χ0) is 14.7. The summed E-state index contributed by atoms with van der Waals surface area (Å²) in [5, 5.41) is 19.4. The van der Waals surface area contributed by atoms with Gasteiger partial charge in [-0.2, -0.15) is 5.10 Å². The third-order valence-electron chi connectivity index (χ3n) is 3.43. The van der Waals surface area contributed by atoms with Gasteiger partial charge >= 0.3 is 0 Å². The topological polar surface area (TPSA) is 92.1 Å². The van der Waals surface area contributed by atoms with Crippen molar-refractivity contribution in [2.24, 2.45) is 0 Å². The second-order valence-electron chi connectivity index (χ2n) is 5.13. The van der Waals surface area contributed by atoms with E-state index in [1.165, 1.54) is 6.33 Å². The second-order valence-corrected chi connectivity index (χ2v) is 5.13. The van der Waals surface area contributed by atoms with E-state index >= 15 is 0 Å². The summed E-state index contributed by atoms with van der Waals surface area (Å²) in [4.78, 5) is 16.0. The summed E-state index contributed by atoms with van der Waals surface area (Å²) in [6.45, 7) is 1.06. The maximum atomic E-state index is 12.1. The molecule has 0 bridgehead atoms. The highest BCUT2D eigenvalue weighted by Crippen LogP contribution is 2.14. The lowest BCUT2D eigenvalue weighted by atomic mass is 10.1. The normalized spacial score (nSPS) is 19.5. The van der Waals surface area contributed by atoms with E-state index in [1.807, 2.05) is 24.3 Å². The predicted molar refractivity (Wildman–Crippen MR) is 91.1 cm³/mol. The van der Waals surface area contributed by atoms with Gasteiger partial charge in [0, 0.05) is 12.2 Å². The van der Waals surface area contributed by atoms with Gasteiger partial charge in [-0.05, 0) is 24.1 Å². The Kier molecular flexibility index (Phi) is 7.44. The molecule has 2 atom stereocenters. The highest BCUT2D eigenvalue weighted by atomic mass is 35.5. The van der Waals surface area contributed by atoms with Crippen LogP contribution in [0.25, 0.3) is 0 Å². The van der Waals surface area contributed by atoms with Gasteiger partial charge < -0.3 is 15.7 Å². The molecule has 3 N–H and O–H groups in total. The fourth-order valence-electron chi connectivity index (χ4n) is 2.40. The minimum absolute atomic E-state index is 0. The number of rotatable bonds is 4. The fourth-order valence-corrected chi connectivity index (χ4v) is 2.40. The molecule has 2 heterocycles. The lowest BCUT2D eigenvalue weighted by Crippen LogP contribution is -2.35. The Morgan fingerprint density at radius 3 is 2.91 bits per heavy atom. The Bertz CT molecular complexity index is 623. The molecule has 1 fully saturated rings. The molecule has 0 saturated carbocycles. The van der Waals surface area contributed by atoms with Crippen LogP contribution in [0.2, 0.25) is 0 Å². The van der Waals surface area contributed by atoms with E-state index in [1.54, 1.807) is 11.0 Å². The van der Waals surface area contributed by atoms with Crippen molar-refractivity contribution >= 4 is 36.4 Å². The third kappa shape index (κ3) is 5.18. The SMILES string of the molecule is Cl.Cl.O=C(Nc1cccc(Cn2cncn2)c1)C1CC(O)CN1. The van der Waals surface area contributed by atoms with Crippen LogP contribution in [0.5, 0.6) is 0 Å². The van der Waals surface area contributed by atoms with Crippen molar-refractivity contribution in [3.8, 4) is 0 Å². The molecule has 1 amide bonds. The molecule has 1 aliphatic heterocycles. The Morgan fingerprint density at radius 1 is 1.43 bits per heavy atom. The number of amides is 1. The quantitative estimate of drug-likeness (QED) is 0.751. The van der Waals surface area contributed by atoms with Gasteiger partial charge in [0.1, 0.15) is 12.7 Å². The zero-order valence-corrected chi connectivity index (χ0v) is 13.9. The van der Waals surface area contributed by atoms with Crippen LogP contribution in [0, 0.1) is 0 Å². The number of anilines is 1.